The highest BCUT2D eigenvalue weighted by Gasteiger charge is 2.38. The van der Waals surface area contributed by atoms with Crippen LogP contribution in [-0.4, -0.2) is 50.2 Å². The van der Waals surface area contributed by atoms with Gasteiger partial charge >= 0.3 is 0 Å². The number of carbonyl (C=O) groups excluding carboxylic acids is 3. The third kappa shape index (κ3) is 3.95. The third-order valence-electron chi connectivity index (χ3n) is 6.01. The van der Waals surface area contributed by atoms with E-state index in [0.29, 0.717) is 47.2 Å². The van der Waals surface area contributed by atoms with Gasteiger partial charge in [0.15, 0.2) is 0 Å². The zero-order valence-corrected chi connectivity index (χ0v) is 17.8. The summed E-state index contributed by atoms with van der Waals surface area (Å²) in [6.07, 6.45) is 2.01. The predicted octanol–water partition coefficient (Wildman–Crippen LogP) is 1.77. The number of nitrogens with one attached hydrogen (secondary N) is 2. The van der Waals surface area contributed by atoms with Crippen molar-refractivity contribution in [2.75, 3.05) is 17.2 Å². The Labute approximate surface area is 188 Å². The van der Waals surface area contributed by atoms with Crippen LogP contribution in [0, 0.1) is 0 Å². The molecule has 10 heteroatoms. The number of carbonyl (C=O) groups is 3. The number of hydrogen-bond donors (Lipinski definition) is 2. The molecule has 2 N–H and O–H groups in total. The highest BCUT2D eigenvalue weighted by Crippen LogP contribution is 2.30. The standard InChI is InChI=1S/C23H22N6O4/c30-20(8-4-12-29-23(33)15-5-1-2-6-18(15)26-27-29)24-14-9-10-17-16(13-14)22(32)28-11-3-7-19(28)21(31)25-17/h1-2,5-6,9-10,13,19H,3-4,7-8,11-12H2,(H,24,30)(H,25,31). The summed E-state index contributed by atoms with van der Waals surface area (Å²) in [6.45, 7) is 0.805. The van der Waals surface area contributed by atoms with Crippen molar-refractivity contribution in [1.82, 2.24) is 19.9 Å². The Morgan fingerprint density at radius 3 is 2.88 bits per heavy atom. The molecule has 0 aliphatic carbocycles. The smallest absolute Gasteiger partial charge is 0.277 e. The summed E-state index contributed by atoms with van der Waals surface area (Å²) in [4.78, 5) is 51.9. The molecule has 0 bridgehead atoms. The first-order chi connectivity index (χ1) is 16.0. The van der Waals surface area contributed by atoms with Crippen LogP contribution >= 0.6 is 0 Å². The molecule has 0 saturated carbocycles. The minimum Gasteiger partial charge on any atom is -0.327 e. The lowest BCUT2D eigenvalue weighted by molar-refractivity contribution is -0.119. The summed E-state index contributed by atoms with van der Waals surface area (Å²) in [6, 6.07) is 11.4. The van der Waals surface area contributed by atoms with Crippen molar-refractivity contribution < 1.29 is 14.4 Å². The Morgan fingerprint density at radius 2 is 2.00 bits per heavy atom. The zero-order chi connectivity index (χ0) is 22.9. The molecule has 1 saturated heterocycles. The summed E-state index contributed by atoms with van der Waals surface area (Å²) in [5.41, 5.74) is 1.58. The van der Waals surface area contributed by atoms with Crippen LogP contribution in [-0.2, 0) is 16.1 Å². The molecule has 1 atom stereocenters. The summed E-state index contributed by atoms with van der Waals surface area (Å²) < 4.78 is 1.26. The SMILES string of the molecule is O=C(CCCn1nnc2ccccc2c1=O)Nc1ccc2c(c1)C(=O)N1CCCC1C(=O)N2. The molecule has 3 amide bonds. The van der Waals surface area contributed by atoms with Crippen molar-refractivity contribution in [1.29, 1.82) is 0 Å². The molecule has 1 aromatic heterocycles. The van der Waals surface area contributed by atoms with Crippen LogP contribution in [0.25, 0.3) is 10.9 Å². The number of anilines is 2. The fourth-order valence-corrected chi connectivity index (χ4v) is 4.34. The first-order valence-electron chi connectivity index (χ1n) is 10.9. The van der Waals surface area contributed by atoms with E-state index in [1.165, 1.54) is 4.68 Å². The summed E-state index contributed by atoms with van der Waals surface area (Å²) >= 11 is 0. The van der Waals surface area contributed by atoms with E-state index < -0.39 is 6.04 Å². The Morgan fingerprint density at radius 1 is 1.15 bits per heavy atom. The van der Waals surface area contributed by atoms with Crippen LogP contribution in [0.15, 0.2) is 47.3 Å². The van der Waals surface area contributed by atoms with Gasteiger partial charge in [-0.1, -0.05) is 17.3 Å². The number of benzene rings is 2. The quantitative estimate of drug-likeness (QED) is 0.615. The molecule has 33 heavy (non-hydrogen) atoms. The second-order valence-corrected chi connectivity index (χ2v) is 8.19. The molecule has 3 aromatic rings. The van der Waals surface area contributed by atoms with Gasteiger partial charge in [0.25, 0.3) is 11.5 Å². The van der Waals surface area contributed by atoms with E-state index >= 15 is 0 Å². The summed E-state index contributed by atoms with van der Waals surface area (Å²) in [5.74, 6) is -0.638. The maximum atomic E-state index is 12.9. The Bertz CT molecular complexity index is 1330. The number of nitrogens with zero attached hydrogens (tertiary/aromatic N) is 4. The molecule has 0 radical (unpaired) electrons. The minimum absolute atomic E-state index is 0.164. The predicted molar refractivity (Wildman–Crippen MR) is 121 cm³/mol. The highest BCUT2D eigenvalue weighted by atomic mass is 16.2. The number of amides is 3. The number of rotatable bonds is 5. The Hall–Kier alpha value is -4.08. The van der Waals surface area contributed by atoms with Gasteiger partial charge in [0, 0.05) is 25.2 Å². The number of hydrogen-bond acceptors (Lipinski definition) is 6. The Balaban J connectivity index is 1.24. The molecule has 3 heterocycles. The van der Waals surface area contributed by atoms with Gasteiger partial charge in [-0.15, -0.1) is 5.10 Å². The minimum atomic E-state index is -0.440. The highest BCUT2D eigenvalue weighted by molar-refractivity contribution is 6.11. The van der Waals surface area contributed by atoms with Gasteiger partial charge in [0.05, 0.1) is 16.6 Å². The molecule has 2 aliphatic heterocycles. The molecule has 2 aliphatic rings. The first kappa shape index (κ1) is 20.8. The van der Waals surface area contributed by atoms with Gasteiger partial charge in [-0.2, -0.15) is 0 Å². The summed E-state index contributed by atoms with van der Waals surface area (Å²) in [7, 11) is 0. The van der Waals surface area contributed by atoms with E-state index in [9.17, 15) is 19.2 Å². The van der Waals surface area contributed by atoms with E-state index in [1.807, 2.05) is 0 Å². The summed E-state index contributed by atoms with van der Waals surface area (Å²) in [5, 5.41) is 14.1. The third-order valence-corrected chi connectivity index (χ3v) is 6.01. The lowest BCUT2D eigenvalue weighted by atomic mass is 10.1. The van der Waals surface area contributed by atoms with E-state index in [4.69, 9.17) is 0 Å². The molecular weight excluding hydrogens is 424 g/mol. The zero-order valence-electron chi connectivity index (χ0n) is 17.8. The van der Waals surface area contributed by atoms with Crippen LogP contribution in [0.1, 0.15) is 36.0 Å². The van der Waals surface area contributed by atoms with Crippen molar-refractivity contribution in [3.05, 3.63) is 58.4 Å². The van der Waals surface area contributed by atoms with E-state index in [2.05, 4.69) is 20.9 Å². The van der Waals surface area contributed by atoms with Crippen molar-refractivity contribution >= 4 is 40.0 Å². The van der Waals surface area contributed by atoms with Crippen molar-refractivity contribution in [3.8, 4) is 0 Å². The van der Waals surface area contributed by atoms with Crippen molar-refractivity contribution in [2.45, 2.75) is 38.3 Å². The van der Waals surface area contributed by atoms with E-state index in [0.717, 1.165) is 6.42 Å². The Kier molecular flexibility index (Phi) is 5.33. The number of aromatic nitrogens is 3. The van der Waals surface area contributed by atoms with Gasteiger partial charge in [-0.3, -0.25) is 19.2 Å². The van der Waals surface area contributed by atoms with Gasteiger partial charge in [-0.05, 0) is 49.6 Å². The number of aryl methyl sites for hydroxylation is 1. The molecule has 10 nitrogen and oxygen atoms in total. The van der Waals surface area contributed by atoms with E-state index in [-0.39, 0.29) is 36.2 Å². The van der Waals surface area contributed by atoms with Crippen LogP contribution in [0.3, 0.4) is 0 Å². The fraction of sp³-hybridized carbons (Fsp3) is 0.304. The van der Waals surface area contributed by atoms with Gasteiger partial charge in [0.1, 0.15) is 11.6 Å². The molecule has 0 spiro atoms. The van der Waals surface area contributed by atoms with Gasteiger partial charge in [0.2, 0.25) is 11.8 Å². The van der Waals surface area contributed by atoms with Crippen molar-refractivity contribution in [2.24, 2.45) is 0 Å². The number of fused-ring (bicyclic) bond motifs is 3. The van der Waals surface area contributed by atoms with Crippen LogP contribution in [0.4, 0.5) is 11.4 Å². The van der Waals surface area contributed by atoms with Crippen molar-refractivity contribution in [3.63, 3.8) is 0 Å². The van der Waals surface area contributed by atoms with Crippen LogP contribution in [0.5, 0.6) is 0 Å². The molecule has 5 rings (SSSR count). The van der Waals surface area contributed by atoms with Crippen LogP contribution in [0.2, 0.25) is 0 Å². The maximum absolute atomic E-state index is 12.9. The molecule has 1 fully saturated rings. The van der Waals surface area contributed by atoms with E-state index in [1.54, 1.807) is 47.4 Å². The van der Waals surface area contributed by atoms with Gasteiger partial charge < -0.3 is 15.5 Å². The fourth-order valence-electron chi connectivity index (χ4n) is 4.34. The molecule has 2 aromatic carbocycles. The average Bonchev–Trinajstić information content (AvgIpc) is 3.28. The van der Waals surface area contributed by atoms with Gasteiger partial charge in [-0.25, -0.2) is 4.68 Å². The maximum Gasteiger partial charge on any atom is 0.277 e. The average molecular weight is 446 g/mol. The first-order valence-corrected chi connectivity index (χ1v) is 10.9. The molecule has 1 unspecified atom stereocenters. The normalized spacial score (nSPS) is 17.3. The lowest BCUT2D eigenvalue weighted by Crippen LogP contribution is -2.40. The van der Waals surface area contributed by atoms with Crippen LogP contribution < -0.4 is 16.2 Å². The molecule has 168 valence electrons. The molecular formula is C23H22N6O4. The second kappa shape index (κ2) is 8.45. The second-order valence-electron chi connectivity index (χ2n) is 8.19. The topological polar surface area (TPSA) is 126 Å². The largest absolute Gasteiger partial charge is 0.327 e. The monoisotopic (exact) mass is 446 g/mol. The lowest BCUT2D eigenvalue weighted by Gasteiger charge is -2.20.